The van der Waals surface area contributed by atoms with Crippen molar-refractivity contribution < 1.29 is 14.4 Å². The number of benzene rings is 2. The van der Waals surface area contributed by atoms with Gasteiger partial charge in [-0.25, -0.2) is 0 Å². The highest BCUT2D eigenvalue weighted by molar-refractivity contribution is 9.10. The Morgan fingerprint density at radius 2 is 1.81 bits per heavy atom. The Labute approximate surface area is 224 Å². The molecule has 0 spiro atoms. The molecule has 1 N–H and O–H groups in total. The van der Waals surface area contributed by atoms with E-state index in [1.165, 1.54) is 11.3 Å². The standard InChI is InChI=1S/C28H30BrN3O3S/c1-16(2)32-23-11-17(3)19(12-22(23)18(4)14-28(32,5)6)13-24-26(34)31(27(35)36-24)15-25(33)30-21-9-7-20(29)8-10-21/h7-14,16H,15H2,1-6H3,(H,30,33)/b24-13-. The molecule has 4 rings (SSSR count). The number of imide groups is 1. The summed E-state index contributed by atoms with van der Waals surface area (Å²) in [5, 5.41) is 2.28. The van der Waals surface area contributed by atoms with Gasteiger partial charge in [0.2, 0.25) is 5.91 Å². The molecule has 3 amide bonds. The number of hydrogen-bond donors (Lipinski definition) is 1. The fourth-order valence-corrected chi connectivity index (χ4v) is 6.06. The van der Waals surface area contributed by atoms with E-state index < -0.39 is 17.1 Å². The smallest absolute Gasteiger partial charge is 0.294 e. The van der Waals surface area contributed by atoms with Crippen molar-refractivity contribution in [2.75, 3.05) is 16.8 Å². The number of carbonyl (C=O) groups excluding carboxylic acids is 3. The molecule has 2 aromatic rings. The summed E-state index contributed by atoms with van der Waals surface area (Å²) >= 11 is 4.22. The lowest BCUT2D eigenvalue weighted by molar-refractivity contribution is -0.127. The summed E-state index contributed by atoms with van der Waals surface area (Å²) in [5.41, 5.74) is 5.85. The summed E-state index contributed by atoms with van der Waals surface area (Å²) in [6.07, 6.45) is 4.03. The van der Waals surface area contributed by atoms with E-state index >= 15 is 0 Å². The highest BCUT2D eigenvalue weighted by Gasteiger charge is 2.37. The normalized spacial score (nSPS) is 18.1. The van der Waals surface area contributed by atoms with Crippen molar-refractivity contribution >= 4 is 67.8 Å². The zero-order valence-corrected chi connectivity index (χ0v) is 23.7. The molecule has 36 heavy (non-hydrogen) atoms. The second-order valence-electron chi connectivity index (χ2n) is 9.99. The molecule has 2 aliphatic rings. The van der Waals surface area contributed by atoms with Crippen LogP contribution < -0.4 is 10.2 Å². The van der Waals surface area contributed by atoms with Crippen LogP contribution in [0.15, 0.2) is 51.9 Å². The minimum absolute atomic E-state index is 0.112. The molecule has 0 bridgehead atoms. The molecule has 188 valence electrons. The number of thioether (sulfide) groups is 1. The van der Waals surface area contributed by atoms with E-state index in [9.17, 15) is 14.4 Å². The van der Waals surface area contributed by atoms with Crippen molar-refractivity contribution in [1.29, 1.82) is 0 Å². The minimum Gasteiger partial charge on any atom is -0.360 e. The van der Waals surface area contributed by atoms with Crippen LogP contribution in [0.4, 0.5) is 16.2 Å². The SMILES string of the molecule is CC1=CC(C)(C)N(C(C)C)c2cc(C)c(/C=C3\SC(=O)N(CC(=O)Nc4ccc(Br)cc4)C3=O)cc21. The first-order valence-corrected chi connectivity index (χ1v) is 13.4. The first kappa shape index (κ1) is 26.2. The molecule has 0 saturated carbocycles. The monoisotopic (exact) mass is 567 g/mol. The Hall–Kier alpha value is -2.84. The van der Waals surface area contributed by atoms with Gasteiger partial charge in [0.05, 0.1) is 10.4 Å². The summed E-state index contributed by atoms with van der Waals surface area (Å²) in [6.45, 7) is 12.6. The first-order valence-electron chi connectivity index (χ1n) is 11.8. The number of carbonyl (C=O) groups is 3. The Balaban J connectivity index is 1.58. The molecular weight excluding hydrogens is 538 g/mol. The Bertz CT molecular complexity index is 1310. The van der Waals surface area contributed by atoms with Gasteiger partial charge in [-0.2, -0.15) is 0 Å². The molecule has 0 aliphatic carbocycles. The van der Waals surface area contributed by atoms with Gasteiger partial charge in [0.25, 0.3) is 11.1 Å². The van der Waals surface area contributed by atoms with Crippen LogP contribution in [0.2, 0.25) is 0 Å². The second-order valence-corrected chi connectivity index (χ2v) is 11.9. The van der Waals surface area contributed by atoms with Gasteiger partial charge in [0, 0.05) is 27.5 Å². The Morgan fingerprint density at radius 1 is 1.14 bits per heavy atom. The van der Waals surface area contributed by atoms with Crippen molar-refractivity contribution in [3.63, 3.8) is 0 Å². The van der Waals surface area contributed by atoms with E-state index in [-0.39, 0.29) is 12.1 Å². The molecule has 8 heteroatoms. The third-order valence-electron chi connectivity index (χ3n) is 6.37. The van der Waals surface area contributed by atoms with Crippen LogP contribution in [0.3, 0.4) is 0 Å². The van der Waals surface area contributed by atoms with E-state index in [2.05, 4.69) is 79.0 Å². The lowest BCUT2D eigenvalue weighted by atomic mass is 9.86. The third kappa shape index (κ3) is 5.15. The average molecular weight is 569 g/mol. The number of halogens is 1. The lowest BCUT2D eigenvalue weighted by Crippen LogP contribution is -2.49. The van der Waals surface area contributed by atoms with Crippen LogP contribution in [0.25, 0.3) is 11.6 Å². The van der Waals surface area contributed by atoms with Crippen LogP contribution in [0, 0.1) is 6.92 Å². The molecule has 0 unspecified atom stereocenters. The number of fused-ring (bicyclic) bond motifs is 1. The fraction of sp³-hybridized carbons (Fsp3) is 0.321. The summed E-state index contributed by atoms with van der Waals surface area (Å²) < 4.78 is 0.889. The van der Waals surface area contributed by atoms with Crippen molar-refractivity contribution in [3.8, 4) is 0 Å². The number of aryl methyl sites for hydroxylation is 1. The quantitative estimate of drug-likeness (QED) is 0.400. The molecule has 1 saturated heterocycles. The van der Waals surface area contributed by atoms with Gasteiger partial charge < -0.3 is 10.2 Å². The number of anilines is 2. The predicted octanol–water partition coefficient (Wildman–Crippen LogP) is 6.84. The number of nitrogens with zero attached hydrogens (tertiary/aromatic N) is 2. The van der Waals surface area contributed by atoms with Gasteiger partial charge in [-0.1, -0.05) is 22.0 Å². The average Bonchev–Trinajstić information content (AvgIpc) is 3.03. The maximum atomic E-state index is 13.1. The molecule has 6 nitrogen and oxygen atoms in total. The van der Waals surface area contributed by atoms with E-state index in [0.717, 1.165) is 37.8 Å². The zero-order chi connectivity index (χ0) is 26.4. The minimum atomic E-state index is -0.453. The third-order valence-corrected chi connectivity index (χ3v) is 7.80. The molecule has 2 heterocycles. The maximum absolute atomic E-state index is 13.1. The molecule has 0 atom stereocenters. The number of amides is 3. The summed E-state index contributed by atoms with van der Waals surface area (Å²) in [5.74, 6) is -0.881. The van der Waals surface area contributed by atoms with Gasteiger partial charge in [0.15, 0.2) is 0 Å². The van der Waals surface area contributed by atoms with Gasteiger partial charge in [-0.05, 0) is 112 Å². The van der Waals surface area contributed by atoms with E-state index in [4.69, 9.17) is 0 Å². The molecule has 2 aliphatic heterocycles. The first-order chi connectivity index (χ1) is 16.9. The molecular formula is C28H30BrN3O3S. The number of rotatable bonds is 5. The van der Waals surface area contributed by atoms with Crippen molar-refractivity contribution in [1.82, 2.24) is 4.90 Å². The van der Waals surface area contributed by atoms with E-state index in [1.54, 1.807) is 30.3 Å². The highest BCUT2D eigenvalue weighted by Crippen LogP contribution is 2.42. The van der Waals surface area contributed by atoms with Gasteiger partial charge >= 0.3 is 0 Å². The summed E-state index contributed by atoms with van der Waals surface area (Å²) in [6, 6.07) is 11.7. The van der Waals surface area contributed by atoms with Crippen molar-refractivity contribution in [3.05, 3.63) is 68.5 Å². The number of hydrogen-bond acceptors (Lipinski definition) is 5. The molecule has 1 fully saturated rings. The largest absolute Gasteiger partial charge is 0.360 e. The van der Waals surface area contributed by atoms with Crippen LogP contribution in [-0.2, 0) is 9.59 Å². The van der Waals surface area contributed by atoms with Crippen LogP contribution in [0.5, 0.6) is 0 Å². The molecule has 0 radical (unpaired) electrons. The molecule has 0 aromatic heterocycles. The van der Waals surface area contributed by atoms with Crippen LogP contribution >= 0.6 is 27.7 Å². The van der Waals surface area contributed by atoms with Crippen molar-refractivity contribution in [2.45, 2.75) is 53.1 Å². The van der Waals surface area contributed by atoms with Crippen molar-refractivity contribution in [2.24, 2.45) is 0 Å². The van der Waals surface area contributed by atoms with Gasteiger partial charge in [-0.3, -0.25) is 19.3 Å². The van der Waals surface area contributed by atoms with Crippen LogP contribution in [0.1, 0.15) is 51.3 Å². The topological polar surface area (TPSA) is 69.7 Å². The fourth-order valence-electron chi connectivity index (χ4n) is 4.97. The van der Waals surface area contributed by atoms with Gasteiger partial charge in [0.1, 0.15) is 6.54 Å². The maximum Gasteiger partial charge on any atom is 0.294 e. The predicted molar refractivity (Wildman–Crippen MR) is 152 cm³/mol. The number of nitrogens with one attached hydrogen (secondary N) is 1. The Kier molecular flexibility index (Phi) is 7.21. The van der Waals surface area contributed by atoms with Crippen LogP contribution in [-0.4, -0.2) is 40.1 Å². The zero-order valence-electron chi connectivity index (χ0n) is 21.3. The highest BCUT2D eigenvalue weighted by atomic mass is 79.9. The van der Waals surface area contributed by atoms with E-state index in [1.807, 2.05) is 6.92 Å². The lowest BCUT2D eigenvalue weighted by Gasteiger charge is -2.46. The molecule has 2 aromatic carbocycles. The number of allylic oxidation sites excluding steroid dienone is 1. The van der Waals surface area contributed by atoms with E-state index in [0.29, 0.717) is 16.6 Å². The van der Waals surface area contributed by atoms with Gasteiger partial charge in [-0.15, -0.1) is 0 Å². The summed E-state index contributed by atoms with van der Waals surface area (Å²) in [4.78, 5) is 41.9. The second kappa shape index (κ2) is 9.90. The summed E-state index contributed by atoms with van der Waals surface area (Å²) in [7, 11) is 0. The Morgan fingerprint density at radius 3 is 2.44 bits per heavy atom.